The number of guanidine groups is 1. The zero-order chi connectivity index (χ0) is 22.3. The average Bonchev–Trinajstić information content (AvgIpc) is 3.66. The van der Waals surface area contributed by atoms with E-state index in [1.807, 2.05) is 30.3 Å². The molecule has 2 aromatic rings. The number of nitrogens with zero attached hydrogens (tertiary/aromatic N) is 1. The zero-order valence-electron chi connectivity index (χ0n) is 18.9. The Hall–Kier alpha value is -3.29. The van der Waals surface area contributed by atoms with Gasteiger partial charge in [0.25, 0.3) is 0 Å². The standard InChI is InChI=1S/C24H31N3O5/c1-28-21-11-17(12-22(29-2)23(21)30-3)15-26-24(25-14-16-5-6-16)27-18-7-8-19-20(13-18)32-10-4-9-31-19/h7-8,11-13,16H,4-6,9-10,14-15H2,1-3H3,(H2,25,26,27). The monoisotopic (exact) mass is 441 g/mol. The molecule has 4 rings (SSSR count). The number of benzene rings is 2. The van der Waals surface area contributed by atoms with Crippen LogP contribution in [0.3, 0.4) is 0 Å². The molecular weight excluding hydrogens is 410 g/mol. The minimum absolute atomic E-state index is 0.446. The van der Waals surface area contributed by atoms with Gasteiger partial charge >= 0.3 is 0 Å². The maximum atomic E-state index is 5.82. The third kappa shape index (κ3) is 5.49. The van der Waals surface area contributed by atoms with Gasteiger partial charge in [-0.15, -0.1) is 0 Å². The number of aliphatic imine (C=N–C) groups is 1. The number of hydrogen-bond acceptors (Lipinski definition) is 6. The molecule has 1 aliphatic heterocycles. The Labute approximate surface area is 188 Å². The van der Waals surface area contributed by atoms with E-state index in [-0.39, 0.29) is 0 Å². The molecule has 8 heteroatoms. The number of methoxy groups -OCH3 is 3. The summed E-state index contributed by atoms with van der Waals surface area (Å²) in [6.45, 7) is 2.66. The predicted octanol–water partition coefficient (Wildman–Crippen LogP) is 3.84. The molecule has 32 heavy (non-hydrogen) atoms. The summed E-state index contributed by atoms with van der Waals surface area (Å²) in [7, 11) is 4.81. The molecular formula is C24H31N3O5. The van der Waals surface area contributed by atoms with Crippen molar-refractivity contribution in [1.29, 1.82) is 0 Å². The number of hydrogen-bond donors (Lipinski definition) is 2. The van der Waals surface area contributed by atoms with E-state index in [4.69, 9.17) is 28.7 Å². The van der Waals surface area contributed by atoms with Crippen molar-refractivity contribution in [3.05, 3.63) is 35.9 Å². The van der Waals surface area contributed by atoms with Crippen LogP contribution in [-0.4, -0.2) is 47.0 Å². The molecule has 1 saturated carbocycles. The lowest BCUT2D eigenvalue weighted by atomic mass is 10.2. The van der Waals surface area contributed by atoms with E-state index in [0.29, 0.717) is 48.9 Å². The maximum Gasteiger partial charge on any atom is 0.203 e. The van der Waals surface area contributed by atoms with Crippen molar-refractivity contribution in [3.63, 3.8) is 0 Å². The van der Waals surface area contributed by atoms with Crippen LogP contribution in [0.5, 0.6) is 28.7 Å². The van der Waals surface area contributed by atoms with Crippen molar-refractivity contribution >= 4 is 11.6 Å². The number of fused-ring (bicyclic) bond motifs is 1. The van der Waals surface area contributed by atoms with Crippen molar-refractivity contribution in [2.24, 2.45) is 10.9 Å². The first kappa shape index (κ1) is 21.9. The molecule has 2 aromatic carbocycles. The van der Waals surface area contributed by atoms with Crippen LogP contribution in [0.25, 0.3) is 0 Å². The molecule has 2 aliphatic rings. The lowest BCUT2D eigenvalue weighted by Gasteiger charge is -2.16. The molecule has 0 saturated heterocycles. The van der Waals surface area contributed by atoms with E-state index < -0.39 is 0 Å². The second-order valence-corrected chi connectivity index (χ2v) is 7.86. The molecule has 1 heterocycles. The Morgan fingerprint density at radius 2 is 1.69 bits per heavy atom. The summed E-state index contributed by atoms with van der Waals surface area (Å²) in [4.78, 5) is 4.80. The summed E-state index contributed by atoms with van der Waals surface area (Å²) in [5.41, 5.74) is 1.84. The molecule has 1 aliphatic carbocycles. The Morgan fingerprint density at radius 3 is 2.34 bits per heavy atom. The molecule has 0 atom stereocenters. The van der Waals surface area contributed by atoms with Crippen molar-refractivity contribution in [2.45, 2.75) is 25.8 Å². The van der Waals surface area contributed by atoms with Gasteiger partial charge in [-0.25, -0.2) is 4.99 Å². The van der Waals surface area contributed by atoms with E-state index in [0.717, 1.165) is 35.7 Å². The Kier molecular flexibility index (Phi) is 7.09. The first-order chi connectivity index (χ1) is 15.7. The molecule has 0 unspecified atom stereocenters. The maximum absolute atomic E-state index is 5.82. The number of nitrogens with one attached hydrogen (secondary N) is 2. The summed E-state index contributed by atoms with van der Waals surface area (Å²) < 4.78 is 27.9. The predicted molar refractivity (Wildman–Crippen MR) is 124 cm³/mol. The zero-order valence-corrected chi connectivity index (χ0v) is 18.9. The molecule has 2 N–H and O–H groups in total. The number of ether oxygens (including phenoxy) is 5. The minimum Gasteiger partial charge on any atom is -0.493 e. The summed E-state index contributed by atoms with van der Waals surface area (Å²) in [5, 5.41) is 6.85. The Morgan fingerprint density at radius 1 is 0.969 bits per heavy atom. The normalized spacial score (nSPS) is 15.5. The second-order valence-electron chi connectivity index (χ2n) is 7.86. The van der Waals surface area contributed by atoms with Gasteiger partial charge in [-0.05, 0) is 48.6 Å². The minimum atomic E-state index is 0.446. The third-order valence-electron chi connectivity index (χ3n) is 5.41. The van der Waals surface area contributed by atoms with Crippen molar-refractivity contribution in [2.75, 3.05) is 46.4 Å². The summed E-state index contributed by atoms with van der Waals surface area (Å²) >= 11 is 0. The van der Waals surface area contributed by atoms with Gasteiger partial charge in [-0.1, -0.05) is 0 Å². The molecule has 0 bridgehead atoms. The first-order valence-electron chi connectivity index (χ1n) is 10.9. The molecule has 0 radical (unpaired) electrons. The average molecular weight is 442 g/mol. The number of rotatable bonds is 8. The van der Waals surface area contributed by atoms with Crippen LogP contribution < -0.4 is 34.3 Å². The topological polar surface area (TPSA) is 82.6 Å². The van der Waals surface area contributed by atoms with E-state index in [1.54, 1.807) is 21.3 Å². The molecule has 172 valence electrons. The van der Waals surface area contributed by atoms with Gasteiger partial charge in [-0.2, -0.15) is 0 Å². The van der Waals surface area contributed by atoms with Crippen LogP contribution in [0.4, 0.5) is 5.69 Å². The van der Waals surface area contributed by atoms with Crippen LogP contribution in [0.2, 0.25) is 0 Å². The van der Waals surface area contributed by atoms with Crippen molar-refractivity contribution < 1.29 is 23.7 Å². The number of anilines is 1. The van der Waals surface area contributed by atoms with Gasteiger partial charge in [0.1, 0.15) is 0 Å². The van der Waals surface area contributed by atoms with Crippen molar-refractivity contribution in [1.82, 2.24) is 5.32 Å². The first-order valence-corrected chi connectivity index (χ1v) is 10.9. The van der Waals surface area contributed by atoms with Crippen LogP contribution >= 0.6 is 0 Å². The highest BCUT2D eigenvalue weighted by Crippen LogP contribution is 2.38. The van der Waals surface area contributed by atoms with Gasteiger partial charge in [0.05, 0.1) is 41.1 Å². The van der Waals surface area contributed by atoms with Crippen LogP contribution in [0.1, 0.15) is 24.8 Å². The van der Waals surface area contributed by atoms with E-state index in [9.17, 15) is 0 Å². The van der Waals surface area contributed by atoms with Gasteiger partial charge in [0.15, 0.2) is 29.0 Å². The van der Waals surface area contributed by atoms with E-state index >= 15 is 0 Å². The fourth-order valence-electron chi connectivity index (χ4n) is 3.48. The van der Waals surface area contributed by atoms with Crippen molar-refractivity contribution in [3.8, 4) is 28.7 Å². The highest BCUT2D eigenvalue weighted by Gasteiger charge is 2.21. The van der Waals surface area contributed by atoms with Gasteiger partial charge in [-0.3, -0.25) is 0 Å². The smallest absolute Gasteiger partial charge is 0.203 e. The summed E-state index contributed by atoms with van der Waals surface area (Å²) in [6, 6.07) is 9.68. The summed E-state index contributed by atoms with van der Waals surface area (Å²) in [5.74, 6) is 4.74. The van der Waals surface area contributed by atoms with Gasteiger partial charge < -0.3 is 34.3 Å². The summed E-state index contributed by atoms with van der Waals surface area (Å²) in [6.07, 6.45) is 3.40. The Balaban J connectivity index is 1.53. The van der Waals surface area contributed by atoms with Crippen LogP contribution in [0.15, 0.2) is 35.3 Å². The fourth-order valence-corrected chi connectivity index (χ4v) is 3.48. The molecule has 0 spiro atoms. The molecule has 1 fully saturated rings. The second kappa shape index (κ2) is 10.3. The van der Waals surface area contributed by atoms with Crippen LogP contribution in [-0.2, 0) is 6.54 Å². The van der Waals surface area contributed by atoms with Gasteiger partial charge in [0.2, 0.25) is 5.75 Å². The largest absolute Gasteiger partial charge is 0.493 e. The van der Waals surface area contributed by atoms with Gasteiger partial charge in [0, 0.05) is 24.7 Å². The third-order valence-corrected chi connectivity index (χ3v) is 5.41. The van der Waals surface area contributed by atoms with E-state index in [2.05, 4.69) is 10.6 Å². The molecule has 8 nitrogen and oxygen atoms in total. The highest BCUT2D eigenvalue weighted by atomic mass is 16.5. The SMILES string of the molecule is COc1cc(CN=C(NCC2CC2)Nc2ccc3c(c2)OCCCO3)cc(OC)c1OC. The molecule has 0 amide bonds. The fraction of sp³-hybridized carbons (Fsp3) is 0.458. The van der Waals surface area contributed by atoms with Crippen LogP contribution in [0, 0.1) is 5.92 Å². The quantitative estimate of drug-likeness (QED) is 0.476. The lowest BCUT2D eigenvalue weighted by molar-refractivity contribution is 0.297. The Bertz CT molecular complexity index is 934. The van der Waals surface area contributed by atoms with E-state index in [1.165, 1.54) is 12.8 Å². The molecule has 0 aromatic heterocycles. The highest BCUT2D eigenvalue weighted by molar-refractivity contribution is 5.94. The lowest BCUT2D eigenvalue weighted by Crippen LogP contribution is -2.32.